The Kier molecular flexibility index (Phi) is 6.41. The SMILES string of the molecule is CCN1C(=O)/C(=C\c2cc(Br)cc(OC)c2OC)SC1=Nc1ccc(F)cc1. The Bertz CT molecular complexity index is 961. The molecule has 1 amide bonds. The van der Waals surface area contributed by atoms with Gasteiger partial charge in [0, 0.05) is 16.6 Å². The number of aliphatic imine (C=N–C) groups is 1. The number of nitrogens with zero attached hydrogens (tertiary/aromatic N) is 2. The molecule has 5 nitrogen and oxygen atoms in total. The molecule has 0 bridgehead atoms. The maximum atomic E-state index is 13.1. The number of thioether (sulfide) groups is 1. The average molecular weight is 465 g/mol. The first-order valence-corrected chi connectivity index (χ1v) is 10.0. The second-order valence-corrected chi connectivity index (χ2v) is 7.69. The molecule has 8 heteroatoms. The lowest BCUT2D eigenvalue weighted by Gasteiger charge is -2.12. The molecule has 1 saturated heterocycles. The molecule has 1 fully saturated rings. The van der Waals surface area contributed by atoms with E-state index in [-0.39, 0.29) is 11.7 Å². The number of methoxy groups -OCH3 is 2. The van der Waals surface area contributed by atoms with Crippen LogP contribution in [0, 0.1) is 5.82 Å². The Balaban J connectivity index is 2.01. The van der Waals surface area contributed by atoms with Gasteiger partial charge in [0.25, 0.3) is 5.91 Å². The third-order valence-electron chi connectivity index (χ3n) is 4.01. The maximum absolute atomic E-state index is 13.1. The van der Waals surface area contributed by atoms with Crippen LogP contribution >= 0.6 is 27.7 Å². The summed E-state index contributed by atoms with van der Waals surface area (Å²) in [5.74, 6) is 0.627. The van der Waals surface area contributed by atoms with Crippen molar-refractivity contribution in [1.29, 1.82) is 0 Å². The van der Waals surface area contributed by atoms with Gasteiger partial charge in [0.05, 0.1) is 24.8 Å². The number of carbonyl (C=O) groups is 1. The van der Waals surface area contributed by atoms with Gasteiger partial charge in [-0.25, -0.2) is 9.38 Å². The van der Waals surface area contributed by atoms with Crippen molar-refractivity contribution in [2.24, 2.45) is 4.99 Å². The number of amidine groups is 1. The highest BCUT2D eigenvalue weighted by atomic mass is 79.9. The molecule has 3 rings (SSSR count). The summed E-state index contributed by atoms with van der Waals surface area (Å²) in [6.07, 6.45) is 1.76. The molecule has 0 aliphatic carbocycles. The van der Waals surface area contributed by atoms with Gasteiger partial charge in [-0.15, -0.1) is 0 Å². The maximum Gasteiger partial charge on any atom is 0.266 e. The smallest absolute Gasteiger partial charge is 0.266 e. The van der Waals surface area contributed by atoms with Crippen LogP contribution in [0.2, 0.25) is 0 Å². The molecule has 0 spiro atoms. The number of ether oxygens (including phenoxy) is 2. The van der Waals surface area contributed by atoms with E-state index in [0.29, 0.717) is 39.4 Å². The first-order chi connectivity index (χ1) is 13.5. The topological polar surface area (TPSA) is 51.1 Å². The van der Waals surface area contributed by atoms with Gasteiger partial charge in [-0.3, -0.25) is 9.69 Å². The highest BCUT2D eigenvalue weighted by Gasteiger charge is 2.32. The van der Waals surface area contributed by atoms with Gasteiger partial charge in [0.15, 0.2) is 16.7 Å². The van der Waals surface area contributed by atoms with Crippen LogP contribution in [0.25, 0.3) is 6.08 Å². The number of rotatable bonds is 5. The van der Waals surface area contributed by atoms with Gasteiger partial charge in [0.2, 0.25) is 0 Å². The Morgan fingerprint density at radius 1 is 1.21 bits per heavy atom. The lowest BCUT2D eigenvalue weighted by atomic mass is 10.1. The summed E-state index contributed by atoms with van der Waals surface area (Å²) in [5, 5.41) is 0.547. The van der Waals surface area contributed by atoms with Crippen molar-refractivity contribution in [3.63, 3.8) is 0 Å². The summed E-state index contributed by atoms with van der Waals surface area (Å²) in [5.41, 5.74) is 1.29. The molecule has 0 N–H and O–H groups in total. The lowest BCUT2D eigenvalue weighted by molar-refractivity contribution is -0.122. The van der Waals surface area contributed by atoms with Crippen LogP contribution in [0.3, 0.4) is 0 Å². The van der Waals surface area contributed by atoms with E-state index in [9.17, 15) is 9.18 Å². The summed E-state index contributed by atoms with van der Waals surface area (Å²) in [6, 6.07) is 9.48. The van der Waals surface area contributed by atoms with Gasteiger partial charge in [0.1, 0.15) is 5.82 Å². The van der Waals surface area contributed by atoms with Crippen LogP contribution in [0.15, 0.2) is 50.8 Å². The van der Waals surface area contributed by atoms with Gasteiger partial charge in [-0.1, -0.05) is 15.9 Å². The molecule has 0 saturated carbocycles. The van der Waals surface area contributed by atoms with Crippen molar-refractivity contribution in [3.8, 4) is 11.5 Å². The van der Waals surface area contributed by atoms with E-state index in [4.69, 9.17) is 9.47 Å². The number of halogens is 2. The van der Waals surface area contributed by atoms with Crippen molar-refractivity contribution in [1.82, 2.24) is 4.90 Å². The van der Waals surface area contributed by atoms with E-state index in [1.807, 2.05) is 13.0 Å². The predicted molar refractivity (Wildman–Crippen MR) is 114 cm³/mol. The Morgan fingerprint density at radius 3 is 2.54 bits per heavy atom. The number of carbonyl (C=O) groups excluding carboxylic acids is 1. The third kappa shape index (κ3) is 4.23. The number of hydrogen-bond acceptors (Lipinski definition) is 5. The molecule has 0 aromatic heterocycles. The molecule has 1 aliphatic rings. The third-order valence-corrected chi connectivity index (χ3v) is 5.48. The van der Waals surface area contributed by atoms with Gasteiger partial charge < -0.3 is 9.47 Å². The van der Waals surface area contributed by atoms with Crippen molar-refractivity contribution in [3.05, 3.63) is 57.2 Å². The number of hydrogen-bond donors (Lipinski definition) is 0. The molecule has 0 atom stereocenters. The zero-order chi connectivity index (χ0) is 20.3. The molecule has 2 aromatic rings. The summed E-state index contributed by atoms with van der Waals surface area (Å²) in [6.45, 7) is 2.35. The standard InChI is InChI=1S/C20H18BrFN2O3S/c1-4-24-19(25)17(28-20(24)23-15-7-5-14(22)6-8-15)10-12-9-13(21)11-16(26-2)18(12)27-3/h5-11H,4H2,1-3H3/b17-10+,23-20?. The van der Waals surface area contributed by atoms with Crippen molar-refractivity contribution >= 4 is 50.5 Å². The molecule has 0 unspecified atom stereocenters. The molecule has 1 aliphatic heterocycles. The minimum absolute atomic E-state index is 0.144. The summed E-state index contributed by atoms with van der Waals surface area (Å²) < 4.78 is 24.8. The average Bonchev–Trinajstić information content (AvgIpc) is 2.97. The quantitative estimate of drug-likeness (QED) is 0.568. The van der Waals surface area contributed by atoms with Gasteiger partial charge >= 0.3 is 0 Å². The minimum Gasteiger partial charge on any atom is -0.493 e. The van der Waals surface area contributed by atoms with Gasteiger partial charge in [-0.05, 0) is 61.2 Å². The Labute approximate surface area is 175 Å². The second kappa shape index (κ2) is 8.79. The Morgan fingerprint density at radius 2 is 1.93 bits per heavy atom. The van der Waals surface area contributed by atoms with Crippen LogP contribution in [-0.4, -0.2) is 36.7 Å². The Hall–Kier alpha value is -2.32. The molecule has 2 aromatic carbocycles. The zero-order valence-corrected chi connectivity index (χ0v) is 17.9. The highest BCUT2D eigenvalue weighted by molar-refractivity contribution is 9.10. The summed E-state index contributed by atoms with van der Waals surface area (Å²) in [4.78, 5) is 19.4. The fourth-order valence-electron chi connectivity index (χ4n) is 2.70. The number of amides is 1. The molecular weight excluding hydrogens is 447 g/mol. The normalized spacial score (nSPS) is 16.9. The monoisotopic (exact) mass is 464 g/mol. The second-order valence-electron chi connectivity index (χ2n) is 5.76. The van der Waals surface area contributed by atoms with E-state index >= 15 is 0 Å². The van der Waals surface area contributed by atoms with E-state index < -0.39 is 0 Å². The number of benzene rings is 2. The summed E-state index contributed by atoms with van der Waals surface area (Å²) in [7, 11) is 3.11. The molecule has 1 heterocycles. The van der Waals surface area contributed by atoms with Crippen LogP contribution < -0.4 is 9.47 Å². The van der Waals surface area contributed by atoms with Gasteiger partial charge in [-0.2, -0.15) is 0 Å². The largest absolute Gasteiger partial charge is 0.493 e. The fraction of sp³-hybridized carbons (Fsp3) is 0.200. The van der Waals surface area contributed by atoms with Crippen molar-refractivity contribution in [2.75, 3.05) is 20.8 Å². The molecule has 146 valence electrons. The number of likely N-dealkylation sites (N-methyl/N-ethyl adjacent to an activating group) is 1. The fourth-order valence-corrected chi connectivity index (χ4v) is 4.21. The first kappa shape index (κ1) is 20.4. The van der Waals surface area contributed by atoms with E-state index in [2.05, 4.69) is 20.9 Å². The first-order valence-electron chi connectivity index (χ1n) is 8.44. The lowest BCUT2D eigenvalue weighted by Crippen LogP contribution is -2.28. The van der Waals surface area contributed by atoms with Crippen molar-refractivity contribution < 1.29 is 18.7 Å². The highest BCUT2D eigenvalue weighted by Crippen LogP contribution is 2.39. The molecular formula is C20H18BrFN2O3S. The summed E-state index contributed by atoms with van der Waals surface area (Å²) >= 11 is 4.71. The molecule has 0 radical (unpaired) electrons. The van der Waals surface area contributed by atoms with E-state index in [0.717, 1.165) is 4.47 Å². The minimum atomic E-state index is -0.331. The predicted octanol–water partition coefficient (Wildman–Crippen LogP) is 5.23. The zero-order valence-electron chi connectivity index (χ0n) is 15.5. The molecule has 28 heavy (non-hydrogen) atoms. The van der Waals surface area contributed by atoms with E-state index in [1.54, 1.807) is 43.4 Å². The van der Waals surface area contributed by atoms with Crippen LogP contribution in [-0.2, 0) is 4.79 Å². The van der Waals surface area contributed by atoms with Crippen LogP contribution in [0.4, 0.5) is 10.1 Å². The van der Waals surface area contributed by atoms with Crippen LogP contribution in [0.1, 0.15) is 12.5 Å². The van der Waals surface area contributed by atoms with Crippen LogP contribution in [0.5, 0.6) is 11.5 Å². The van der Waals surface area contributed by atoms with Crippen molar-refractivity contribution in [2.45, 2.75) is 6.92 Å². The van der Waals surface area contributed by atoms with E-state index in [1.165, 1.54) is 23.9 Å².